The van der Waals surface area contributed by atoms with Crippen LogP contribution >= 0.6 is 0 Å². The highest BCUT2D eigenvalue weighted by Crippen LogP contribution is 2.20. The minimum Gasteiger partial charge on any atom is -0.358 e. The van der Waals surface area contributed by atoms with Crippen LogP contribution in [0.25, 0.3) is 0 Å². The van der Waals surface area contributed by atoms with E-state index in [4.69, 9.17) is 0 Å². The maximum absolute atomic E-state index is 13.0. The van der Waals surface area contributed by atoms with Gasteiger partial charge < -0.3 is 20.7 Å². The number of hydrogen-bond donors (Lipinski definition) is 2. The molecule has 2 rings (SSSR count). The van der Waals surface area contributed by atoms with Crippen molar-refractivity contribution in [3.05, 3.63) is 46.3 Å². The molecule has 116 valence electrons. The minimum atomic E-state index is -1.09. The molecule has 8 nitrogen and oxygen atoms in total. The van der Waals surface area contributed by atoms with Gasteiger partial charge >= 0.3 is 5.82 Å². The molecule has 10 heteroatoms. The lowest BCUT2D eigenvalue weighted by Gasteiger charge is -2.08. The average molecular weight is 311 g/mol. The molecule has 0 unspecified atom stereocenters. The zero-order valence-corrected chi connectivity index (χ0v) is 11.3. The molecule has 1 aromatic carbocycles. The molecule has 0 atom stereocenters. The molecule has 2 N–H and O–H groups in total. The van der Waals surface area contributed by atoms with Crippen molar-refractivity contribution in [2.75, 3.05) is 17.2 Å². The summed E-state index contributed by atoms with van der Waals surface area (Å²) in [6, 6.07) is 2.91. The Balaban J connectivity index is 2.00. The minimum absolute atomic E-state index is 0.0606. The van der Waals surface area contributed by atoms with Crippen molar-refractivity contribution in [2.45, 2.75) is 0 Å². The van der Waals surface area contributed by atoms with E-state index in [1.165, 1.54) is 24.0 Å². The molecular weight excluding hydrogens is 300 g/mol. The van der Waals surface area contributed by atoms with Gasteiger partial charge in [0.2, 0.25) is 18.1 Å². The van der Waals surface area contributed by atoms with Crippen molar-refractivity contribution in [3.63, 3.8) is 0 Å². The van der Waals surface area contributed by atoms with Crippen LogP contribution in [0.1, 0.15) is 0 Å². The molecule has 2 aromatic rings. The molecule has 1 aromatic heterocycles. The first-order valence-corrected chi connectivity index (χ1v) is 6.03. The van der Waals surface area contributed by atoms with Gasteiger partial charge in [-0.2, -0.15) is 0 Å². The number of carbonyl (C=O) groups is 1. The van der Waals surface area contributed by atoms with Crippen LogP contribution in [0.15, 0.2) is 24.5 Å². The van der Waals surface area contributed by atoms with Crippen molar-refractivity contribution in [1.82, 2.24) is 9.55 Å². The normalized spacial score (nSPS) is 10.3. The van der Waals surface area contributed by atoms with E-state index >= 15 is 0 Å². The predicted molar refractivity (Wildman–Crippen MR) is 73.3 cm³/mol. The molecule has 0 radical (unpaired) electrons. The standard InChI is InChI=1S/C12H11F2N5O3/c1-18-6-16-12(19(21)22)11(18)15-5-10(20)17-7-2-3-8(13)9(14)4-7/h2-4,6,15H,5H2,1H3,(H,17,20). The zero-order chi connectivity index (χ0) is 16.3. The molecule has 1 amide bonds. The Labute approximate surface area is 122 Å². The zero-order valence-electron chi connectivity index (χ0n) is 11.3. The lowest BCUT2D eigenvalue weighted by atomic mass is 10.3. The molecule has 0 aliphatic heterocycles. The SMILES string of the molecule is Cn1cnc([N+](=O)[O-])c1NCC(=O)Nc1ccc(F)c(F)c1. The quantitative estimate of drug-likeness (QED) is 0.646. The third kappa shape index (κ3) is 3.34. The van der Waals surface area contributed by atoms with Crippen LogP contribution in [-0.4, -0.2) is 26.9 Å². The second-order valence-electron chi connectivity index (χ2n) is 4.32. The maximum Gasteiger partial charge on any atom is 0.406 e. The van der Waals surface area contributed by atoms with Gasteiger partial charge in [0.05, 0.1) is 6.54 Å². The van der Waals surface area contributed by atoms with E-state index in [1.54, 1.807) is 0 Å². The molecule has 22 heavy (non-hydrogen) atoms. The maximum atomic E-state index is 13.0. The number of anilines is 2. The highest BCUT2D eigenvalue weighted by atomic mass is 19.2. The van der Waals surface area contributed by atoms with Crippen LogP contribution in [0.2, 0.25) is 0 Å². The molecule has 0 aliphatic rings. The Bertz CT molecular complexity index is 732. The fraction of sp³-hybridized carbons (Fsp3) is 0.167. The number of benzene rings is 1. The number of nitrogens with one attached hydrogen (secondary N) is 2. The molecule has 0 aliphatic carbocycles. The summed E-state index contributed by atoms with van der Waals surface area (Å²) in [5.41, 5.74) is 0.0743. The molecule has 0 spiro atoms. The van der Waals surface area contributed by atoms with E-state index in [1.807, 2.05) is 0 Å². The highest BCUT2D eigenvalue weighted by molar-refractivity contribution is 5.93. The Morgan fingerprint density at radius 3 is 2.77 bits per heavy atom. The number of aromatic nitrogens is 2. The second-order valence-corrected chi connectivity index (χ2v) is 4.32. The van der Waals surface area contributed by atoms with Gasteiger partial charge in [0.25, 0.3) is 0 Å². The third-order valence-corrected chi connectivity index (χ3v) is 2.71. The van der Waals surface area contributed by atoms with Crippen LogP contribution < -0.4 is 10.6 Å². The number of aryl methyl sites for hydroxylation is 1. The number of imidazole rings is 1. The smallest absolute Gasteiger partial charge is 0.358 e. The summed E-state index contributed by atoms with van der Waals surface area (Å²) in [6.07, 6.45) is 1.23. The number of amides is 1. The van der Waals surface area contributed by atoms with Crippen molar-refractivity contribution in [3.8, 4) is 0 Å². The summed E-state index contributed by atoms with van der Waals surface area (Å²) in [4.78, 5) is 25.4. The summed E-state index contributed by atoms with van der Waals surface area (Å²) >= 11 is 0. The summed E-state index contributed by atoms with van der Waals surface area (Å²) in [5, 5.41) is 15.7. The van der Waals surface area contributed by atoms with E-state index in [9.17, 15) is 23.7 Å². The predicted octanol–water partition coefficient (Wildman–Crippen LogP) is 1.66. The van der Waals surface area contributed by atoms with Crippen molar-refractivity contribution >= 4 is 23.2 Å². The Morgan fingerprint density at radius 1 is 1.41 bits per heavy atom. The van der Waals surface area contributed by atoms with Crippen LogP contribution in [0.4, 0.5) is 26.1 Å². The lowest BCUT2D eigenvalue weighted by Crippen LogP contribution is -2.23. The lowest BCUT2D eigenvalue weighted by molar-refractivity contribution is -0.388. The first-order chi connectivity index (χ1) is 10.4. The second kappa shape index (κ2) is 6.16. The number of hydrogen-bond acceptors (Lipinski definition) is 5. The van der Waals surface area contributed by atoms with Crippen molar-refractivity contribution in [1.29, 1.82) is 0 Å². The van der Waals surface area contributed by atoms with Gasteiger partial charge in [-0.05, 0) is 22.0 Å². The first-order valence-electron chi connectivity index (χ1n) is 6.03. The topological polar surface area (TPSA) is 102 Å². The van der Waals surface area contributed by atoms with Gasteiger partial charge in [-0.3, -0.25) is 9.36 Å². The Morgan fingerprint density at radius 2 is 2.14 bits per heavy atom. The molecule has 1 heterocycles. The highest BCUT2D eigenvalue weighted by Gasteiger charge is 2.20. The molecule has 0 bridgehead atoms. The molecule has 0 saturated heterocycles. The van der Waals surface area contributed by atoms with Crippen LogP contribution in [0.5, 0.6) is 0 Å². The van der Waals surface area contributed by atoms with E-state index < -0.39 is 28.3 Å². The Hall–Kier alpha value is -3.04. The van der Waals surface area contributed by atoms with Crippen molar-refractivity contribution < 1.29 is 18.5 Å². The van der Waals surface area contributed by atoms with Gasteiger partial charge in [-0.1, -0.05) is 0 Å². The van der Waals surface area contributed by atoms with Gasteiger partial charge in [0.1, 0.15) is 0 Å². The molecule has 0 saturated carbocycles. The van der Waals surface area contributed by atoms with Gasteiger partial charge in [0, 0.05) is 18.8 Å². The van der Waals surface area contributed by atoms with Crippen LogP contribution in [0, 0.1) is 21.7 Å². The molecule has 0 fully saturated rings. The Kier molecular flexibility index (Phi) is 4.30. The average Bonchev–Trinajstić information content (AvgIpc) is 2.82. The van der Waals surface area contributed by atoms with Gasteiger partial charge in [-0.25, -0.2) is 8.78 Å². The van der Waals surface area contributed by atoms with Crippen LogP contribution in [0.3, 0.4) is 0 Å². The summed E-state index contributed by atoms with van der Waals surface area (Å²) in [7, 11) is 1.52. The van der Waals surface area contributed by atoms with E-state index in [0.717, 1.165) is 12.1 Å². The van der Waals surface area contributed by atoms with Gasteiger partial charge in [0.15, 0.2) is 11.6 Å². The third-order valence-electron chi connectivity index (χ3n) is 2.71. The van der Waals surface area contributed by atoms with Gasteiger partial charge in [-0.15, -0.1) is 0 Å². The number of halogens is 2. The molecular formula is C12H11F2N5O3. The summed E-state index contributed by atoms with van der Waals surface area (Å²) in [6.45, 7) is -0.306. The van der Waals surface area contributed by atoms with Crippen molar-refractivity contribution in [2.24, 2.45) is 7.05 Å². The largest absolute Gasteiger partial charge is 0.406 e. The summed E-state index contributed by atoms with van der Waals surface area (Å²) in [5.74, 6) is -3.05. The number of carbonyl (C=O) groups excluding carboxylic acids is 1. The monoisotopic (exact) mass is 311 g/mol. The summed E-state index contributed by atoms with van der Waals surface area (Å²) < 4.78 is 27.1. The van der Waals surface area contributed by atoms with E-state index in [2.05, 4.69) is 15.6 Å². The van der Waals surface area contributed by atoms with E-state index in [0.29, 0.717) is 0 Å². The van der Waals surface area contributed by atoms with Crippen LogP contribution in [-0.2, 0) is 11.8 Å². The number of nitrogens with zero attached hydrogens (tertiary/aromatic N) is 3. The number of nitro groups is 1. The fourth-order valence-corrected chi connectivity index (χ4v) is 1.70. The first kappa shape index (κ1) is 15.4. The number of rotatable bonds is 5. The van der Waals surface area contributed by atoms with E-state index in [-0.39, 0.29) is 18.1 Å². The fourth-order valence-electron chi connectivity index (χ4n) is 1.70.